The normalized spacial score (nSPS) is 12.5. The summed E-state index contributed by atoms with van der Waals surface area (Å²) >= 11 is 0. The quantitative estimate of drug-likeness (QED) is 0.417. The Labute approximate surface area is 166 Å². The van der Waals surface area contributed by atoms with Crippen LogP contribution in [0.2, 0.25) is 0 Å². The molecule has 3 rings (SSSR count). The number of benzene rings is 3. The highest BCUT2D eigenvalue weighted by atomic mass is 31.2. The van der Waals surface area contributed by atoms with Gasteiger partial charge >= 0.3 is 0 Å². The second-order valence-corrected chi connectivity index (χ2v) is 9.50. The second-order valence-electron chi connectivity index (χ2n) is 7.10. The summed E-state index contributed by atoms with van der Waals surface area (Å²) in [5.41, 5.74) is 2.76. The third-order valence-corrected chi connectivity index (χ3v) is 7.26. The van der Waals surface area contributed by atoms with E-state index >= 15 is 0 Å². The van der Waals surface area contributed by atoms with Crippen molar-refractivity contribution in [3.63, 3.8) is 0 Å². The van der Waals surface area contributed by atoms with Crippen LogP contribution < -0.4 is 10.6 Å². The molecular weight excluding hydrogens is 367 g/mol. The zero-order chi connectivity index (χ0) is 20.1. The maximum absolute atomic E-state index is 13.9. The minimum absolute atomic E-state index is 0.00479. The first-order chi connectivity index (χ1) is 13.4. The fourth-order valence-corrected chi connectivity index (χ4v) is 5.35. The maximum atomic E-state index is 13.9. The summed E-state index contributed by atoms with van der Waals surface area (Å²) < 4.78 is 19.9. The molecule has 3 aromatic carbocycles. The van der Waals surface area contributed by atoms with E-state index in [1.54, 1.807) is 0 Å². The van der Waals surface area contributed by atoms with E-state index < -0.39 is 13.3 Å². The second kappa shape index (κ2) is 8.68. The highest BCUT2D eigenvalue weighted by Gasteiger charge is 2.30. The molecule has 0 bridgehead atoms. The molecular formula is C24H25O3P. The molecule has 28 heavy (non-hydrogen) atoms. The summed E-state index contributed by atoms with van der Waals surface area (Å²) in [5.74, 6) is -0.396. The molecule has 3 aromatic rings. The number of Topliss-reactive ketones (excluding diaryl/α,β-unsaturated/α-hetero) is 1. The summed E-state index contributed by atoms with van der Waals surface area (Å²) in [6.45, 7) is 5.85. The fraction of sp³-hybridized carbons (Fsp3) is 0.208. The van der Waals surface area contributed by atoms with E-state index in [1.807, 2.05) is 99.6 Å². The van der Waals surface area contributed by atoms with Crippen molar-refractivity contribution in [1.82, 2.24) is 0 Å². The average molecular weight is 392 g/mol. The van der Waals surface area contributed by atoms with Crippen LogP contribution in [0.15, 0.2) is 78.9 Å². The van der Waals surface area contributed by atoms with Gasteiger partial charge in [0.25, 0.3) is 7.37 Å². The monoisotopic (exact) mass is 392 g/mol. The van der Waals surface area contributed by atoms with Gasteiger partial charge in [0.15, 0.2) is 5.78 Å². The molecule has 0 aromatic heterocycles. The van der Waals surface area contributed by atoms with Crippen LogP contribution >= 0.6 is 7.37 Å². The molecule has 0 spiro atoms. The molecule has 0 aliphatic heterocycles. The first kappa shape index (κ1) is 20.3. The van der Waals surface area contributed by atoms with Gasteiger partial charge in [-0.15, -0.1) is 0 Å². The number of hydrogen-bond acceptors (Lipinski definition) is 3. The zero-order valence-electron chi connectivity index (χ0n) is 16.5. The van der Waals surface area contributed by atoms with Gasteiger partial charge in [0.2, 0.25) is 0 Å². The van der Waals surface area contributed by atoms with Crippen LogP contribution in [0, 0.1) is 19.8 Å². The van der Waals surface area contributed by atoms with E-state index in [-0.39, 0.29) is 12.4 Å². The van der Waals surface area contributed by atoms with Gasteiger partial charge in [-0.25, -0.2) is 0 Å². The van der Waals surface area contributed by atoms with Crippen molar-refractivity contribution in [3.8, 4) is 0 Å². The highest BCUT2D eigenvalue weighted by molar-refractivity contribution is 7.74. The Kier molecular flexibility index (Phi) is 6.28. The van der Waals surface area contributed by atoms with Crippen LogP contribution in [0.25, 0.3) is 0 Å². The number of aryl methyl sites for hydroxylation is 2. The Bertz CT molecular complexity index is 953. The van der Waals surface area contributed by atoms with Crippen LogP contribution in [0.4, 0.5) is 0 Å². The molecule has 0 N–H and O–H groups in total. The molecule has 0 fully saturated rings. The minimum Gasteiger partial charge on any atom is -0.321 e. The first-order valence-corrected chi connectivity index (χ1v) is 11.0. The Morgan fingerprint density at radius 1 is 0.893 bits per heavy atom. The summed E-state index contributed by atoms with van der Waals surface area (Å²) in [7, 11) is -3.28. The highest BCUT2D eigenvalue weighted by Crippen LogP contribution is 2.45. The third-order valence-electron chi connectivity index (χ3n) is 4.79. The lowest BCUT2D eigenvalue weighted by atomic mass is 9.95. The lowest BCUT2D eigenvalue weighted by Gasteiger charge is -2.21. The minimum atomic E-state index is -3.28. The van der Waals surface area contributed by atoms with Gasteiger partial charge in [0, 0.05) is 22.1 Å². The average Bonchev–Trinajstić information content (AvgIpc) is 2.72. The summed E-state index contributed by atoms with van der Waals surface area (Å²) in [5, 5.41) is 1.26. The number of ketones is 1. The standard InChI is InChI=1S/C24H25O3P/c1-18-14-15-23(19(2)16-18)24(25)20(3)17-27-28(26,21-10-6-4-7-11-21)22-12-8-5-9-13-22/h4-16,20H,17H2,1-3H3. The van der Waals surface area contributed by atoms with Crippen molar-refractivity contribution in [2.45, 2.75) is 20.8 Å². The largest absolute Gasteiger partial charge is 0.321 e. The molecule has 1 atom stereocenters. The molecule has 0 radical (unpaired) electrons. The molecule has 1 unspecified atom stereocenters. The van der Waals surface area contributed by atoms with E-state index in [0.717, 1.165) is 11.1 Å². The van der Waals surface area contributed by atoms with Gasteiger partial charge in [-0.2, -0.15) is 0 Å². The zero-order valence-corrected chi connectivity index (χ0v) is 17.4. The molecule has 0 amide bonds. The molecule has 0 saturated heterocycles. The Morgan fingerprint density at radius 2 is 1.43 bits per heavy atom. The predicted molar refractivity (Wildman–Crippen MR) is 115 cm³/mol. The fourth-order valence-electron chi connectivity index (χ4n) is 3.19. The summed E-state index contributed by atoms with van der Waals surface area (Å²) in [4.78, 5) is 12.9. The van der Waals surface area contributed by atoms with Crippen LogP contribution in [0.3, 0.4) is 0 Å². The smallest absolute Gasteiger partial charge is 0.261 e. The van der Waals surface area contributed by atoms with E-state index in [2.05, 4.69) is 0 Å². The Morgan fingerprint density at radius 3 is 1.93 bits per heavy atom. The number of rotatable bonds is 7. The number of carbonyl (C=O) groups is 1. The van der Waals surface area contributed by atoms with Crippen molar-refractivity contribution < 1.29 is 13.9 Å². The van der Waals surface area contributed by atoms with Gasteiger partial charge in [-0.05, 0) is 43.7 Å². The topological polar surface area (TPSA) is 43.4 Å². The van der Waals surface area contributed by atoms with Gasteiger partial charge in [0.1, 0.15) is 0 Å². The lowest BCUT2D eigenvalue weighted by Crippen LogP contribution is -2.23. The van der Waals surface area contributed by atoms with Gasteiger partial charge < -0.3 is 4.52 Å². The first-order valence-electron chi connectivity index (χ1n) is 9.39. The summed E-state index contributed by atoms with van der Waals surface area (Å²) in [6.07, 6.45) is 0. The van der Waals surface area contributed by atoms with E-state index in [9.17, 15) is 9.36 Å². The van der Waals surface area contributed by atoms with Crippen molar-refractivity contribution in [3.05, 3.63) is 95.6 Å². The molecule has 4 heteroatoms. The lowest BCUT2D eigenvalue weighted by molar-refractivity contribution is 0.0892. The molecule has 0 heterocycles. The van der Waals surface area contributed by atoms with Crippen LogP contribution in [0.1, 0.15) is 28.4 Å². The SMILES string of the molecule is Cc1ccc(C(=O)C(C)COP(=O)(c2ccccc2)c2ccccc2)c(C)c1. The van der Waals surface area contributed by atoms with Crippen molar-refractivity contribution in [1.29, 1.82) is 0 Å². The van der Waals surface area contributed by atoms with Crippen LogP contribution in [0.5, 0.6) is 0 Å². The number of carbonyl (C=O) groups excluding carboxylic acids is 1. The van der Waals surface area contributed by atoms with Crippen molar-refractivity contribution >= 4 is 23.8 Å². The maximum Gasteiger partial charge on any atom is 0.261 e. The van der Waals surface area contributed by atoms with E-state index in [0.29, 0.717) is 16.2 Å². The Hall–Kier alpha value is -2.48. The van der Waals surface area contributed by atoms with Gasteiger partial charge in [-0.1, -0.05) is 67.1 Å². The molecule has 0 aliphatic carbocycles. The summed E-state index contributed by atoms with van der Waals surface area (Å²) in [6, 6.07) is 24.2. The van der Waals surface area contributed by atoms with Crippen LogP contribution in [-0.4, -0.2) is 12.4 Å². The van der Waals surface area contributed by atoms with Crippen LogP contribution in [-0.2, 0) is 9.09 Å². The van der Waals surface area contributed by atoms with Gasteiger partial charge in [0.05, 0.1) is 6.61 Å². The van der Waals surface area contributed by atoms with Crippen molar-refractivity contribution in [2.75, 3.05) is 6.61 Å². The van der Waals surface area contributed by atoms with E-state index in [1.165, 1.54) is 0 Å². The van der Waals surface area contributed by atoms with Gasteiger partial charge in [-0.3, -0.25) is 9.36 Å². The van der Waals surface area contributed by atoms with Crippen molar-refractivity contribution in [2.24, 2.45) is 5.92 Å². The number of hydrogen-bond donors (Lipinski definition) is 0. The Balaban J connectivity index is 1.84. The third kappa shape index (κ3) is 4.32. The molecule has 144 valence electrons. The predicted octanol–water partition coefficient (Wildman–Crippen LogP) is 5.07. The van der Waals surface area contributed by atoms with E-state index in [4.69, 9.17) is 4.52 Å². The molecule has 0 saturated carbocycles. The molecule has 3 nitrogen and oxygen atoms in total. The molecule has 0 aliphatic rings.